The number of nitrogens with two attached hydrogens (primary N) is 1. The number of pyridine rings is 1. The predicted molar refractivity (Wildman–Crippen MR) is 127 cm³/mol. The summed E-state index contributed by atoms with van der Waals surface area (Å²) in [7, 11) is 0. The van der Waals surface area contributed by atoms with Gasteiger partial charge in [-0.25, -0.2) is 0 Å². The van der Waals surface area contributed by atoms with Crippen molar-refractivity contribution < 1.29 is 9.59 Å². The van der Waals surface area contributed by atoms with Crippen LogP contribution in [0, 0.1) is 10.8 Å². The number of Topliss-reactive ketones (excluding diaryl/α,β-unsaturated/α-hetero) is 2. The minimum Gasteiger partial charge on any atom is -0.326 e. The van der Waals surface area contributed by atoms with E-state index in [1.165, 1.54) is 0 Å². The van der Waals surface area contributed by atoms with E-state index in [0.29, 0.717) is 13.0 Å². The Morgan fingerprint density at radius 2 is 1.58 bits per heavy atom. The van der Waals surface area contributed by atoms with Crippen LogP contribution in [0.25, 0.3) is 22.0 Å². The Morgan fingerprint density at radius 1 is 0.903 bits per heavy atom. The molecule has 0 bridgehead atoms. The van der Waals surface area contributed by atoms with Crippen LogP contribution < -0.4 is 5.73 Å². The van der Waals surface area contributed by atoms with Crippen molar-refractivity contribution in [1.29, 1.82) is 0 Å². The van der Waals surface area contributed by atoms with Crippen molar-refractivity contribution in [2.45, 2.75) is 54.0 Å². The van der Waals surface area contributed by atoms with E-state index >= 15 is 0 Å². The third kappa shape index (κ3) is 5.26. The summed E-state index contributed by atoms with van der Waals surface area (Å²) < 4.78 is 0. The van der Waals surface area contributed by atoms with Crippen LogP contribution in [-0.2, 0) is 22.6 Å². The molecule has 0 aliphatic rings. The van der Waals surface area contributed by atoms with Gasteiger partial charge in [0, 0.05) is 34.5 Å². The van der Waals surface area contributed by atoms with Gasteiger partial charge in [0.2, 0.25) is 0 Å². The first kappa shape index (κ1) is 22.8. The average molecular weight is 417 g/mol. The van der Waals surface area contributed by atoms with E-state index in [2.05, 4.69) is 35.3 Å². The van der Waals surface area contributed by atoms with Gasteiger partial charge in [0.25, 0.3) is 0 Å². The lowest BCUT2D eigenvalue weighted by Crippen LogP contribution is -2.32. The quantitative estimate of drug-likeness (QED) is 0.516. The molecular weight excluding hydrogens is 384 g/mol. The predicted octanol–water partition coefficient (Wildman–Crippen LogP) is 5.50. The second-order valence-electron chi connectivity index (χ2n) is 9.96. The van der Waals surface area contributed by atoms with Crippen LogP contribution in [0.1, 0.15) is 52.2 Å². The highest BCUT2D eigenvalue weighted by molar-refractivity contribution is 6.03. The minimum absolute atomic E-state index is 0.0260. The Kier molecular flexibility index (Phi) is 6.42. The van der Waals surface area contributed by atoms with Crippen LogP contribution in [0.3, 0.4) is 0 Å². The molecule has 0 saturated heterocycles. The fourth-order valence-electron chi connectivity index (χ4n) is 3.73. The largest absolute Gasteiger partial charge is 0.326 e. The van der Waals surface area contributed by atoms with Gasteiger partial charge in [0.1, 0.15) is 11.6 Å². The lowest BCUT2D eigenvalue weighted by atomic mass is 9.77. The van der Waals surface area contributed by atoms with E-state index in [9.17, 15) is 9.59 Å². The summed E-state index contributed by atoms with van der Waals surface area (Å²) in [4.78, 5) is 30.0. The summed E-state index contributed by atoms with van der Waals surface area (Å²) >= 11 is 0. The number of hydrogen-bond acceptors (Lipinski definition) is 4. The lowest BCUT2D eigenvalue weighted by molar-refractivity contribution is -0.135. The van der Waals surface area contributed by atoms with Gasteiger partial charge in [-0.15, -0.1) is 0 Å². The Bertz CT molecular complexity index is 1120. The number of ketones is 2. The van der Waals surface area contributed by atoms with Gasteiger partial charge in [-0.2, -0.15) is 0 Å². The van der Waals surface area contributed by atoms with E-state index in [1.54, 1.807) is 0 Å². The molecule has 0 radical (unpaired) electrons. The van der Waals surface area contributed by atoms with Gasteiger partial charge in [-0.05, 0) is 41.1 Å². The van der Waals surface area contributed by atoms with Crippen LogP contribution >= 0.6 is 0 Å². The van der Waals surface area contributed by atoms with Gasteiger partial charge in [0.05, 0.1) is 12.1 Å². The Balaban J connectivity index is 1.95. The van der Waals surface area contributed by atoms with E-state index < -0.39 is 10.8 Å². The van der Waals surface area contributed by atoms with E-state index in [1.807, 2.05) is 59.0 Å². The average Bonchev–Trinajstić information content (AvgIpc) is 2.71. The molecule has 162 valence electrons. The number of fused-ring (bicyclic) bond motifs is 1. The van der Waals surface area contributed by atoms with E-state index in [4.69, 9.17) is 5.73 Å². The number of rotatable bonds is 7. The molecule has 31 heavy (non-hydrogen) atoms. The third-order valence-electron chi connectivity index (χ3n) is 5.79. The number of aromatic nitrogens is 1. The molecule has 0 saturated carbocycles. The highest BCUT2D eigenvalue weighted by Crippen LogP contribution is 2.32. The molecule has 3 rings (SSSR count). The van der Waals surface area contributed by atoms with Crippen molar-refractivity contribution >= 4 is 22.3 Å². The van der Waals surface area contributed by atoms with Gasteiger partial charge in [-0.1, -0.05) is 65.0 Å². The third-order valence-corrected chi connectivity index (χ3v) is 5.79. The maximum Gasteiger partial charge on any atom is 0.146 e. The first-order valence-electron chi connectivity index (χ1n) is 10.7. The van der Waals surface area contributed by atoms with Crippen LogP contribution in [0.4, 0.5) is 0 Å². The van der Waals surface area contributed by atoms with Crippen molar-refractivity contribution in [3.05, 3.63) is 65.9 Å². The molecule has 4 heteroatoms. The summed E-state index contributed by atoms with van der Waals surface area (Å²) in [6, 6.07) is 16.4. The maximum atomic E-state index is 13.0. The molecule has 2 N–H and O–H groups in total. The number of hydrogen-bond donors (Lipinski definition) is 1. The van der Waals surface area contributed by atoms with Gasteiger partial charge in [0.15, 0.2) is 0 Å². The first-order chi connectivity index (χ1) is 14.5. The fraction of sp³-hybridized carbons (Fsp3) is 0.370. The zero-order valence-corrected chi connectivity index (χ0v) is 19.2. The summed E-state index contributed by atoms with van der Waals surface area (Å²) in [5, 5.41) is 2.21. The van der Waals surface area contributed by atoms with Crippen molar-refractivity contribution in [1.82, 2.24) is 4.98 Å². The SMILES string of the molecule is CC(C)(C)C(=O)CC(=O)C(C)(C)Cc1cc(CN)cc(-c2nccc3ccccc23)c1. The molecule has 4 nitrogen and oxygen atoms in total. The Labute approximate surface area is 184 Å². The standard InChI is InChI=1S/C27H32N2O2/c1-26(2,3)23(30)15-24(31)27(4,5)16-18-12-19(17-28)14-21(13-18)25-22-9-7-6-8-20(22)10-11-29-25/h6-14H,15-17,28H2,1-5H3. The van der Waals surface area contributed by atoms with Crippen LogP contribution in [0.5, 0.6) is 0 Å². The van der Waals surface area contributed by atoms with Crippen molar-refractivity contribution in [3.63, 3.8) is 0 Å². The summed E-state index contributed by atoms with van der Waals surface area (Å²) in [5.74, 6) is -0.0580. The number of benzene rings is 2. The molecular formula is C27H32N2O2. The van der Waals surface area contributed by atoms with E-state index in [0.717, 1.165) is 33.2 Å². The number of carbonyl (C=O) groups is 2. The minimum atomic E-state index is -0.655. The molecule has 0 aliphatic carbocycles. The zero-order valence-electron chi connectivity index (χ0n) is 19.2. The molecule has 0 unspecified atom stereocenters. The van der Waals surface area contributed by atoms with Gasteiger partial charge < -0.3 is 5.73 Å². The molecule has 3 aromatic rings. The summed E-state index contributed by atoms with van der Waals surface area (Å²) in [6.07, 6.45) is 2.32. The highest BCUT2D eigenvalue weighted by atomic mass is 16.1. The van der Waals surface area contributed by atoms with Crippen LogP contribution in [-0.4, -0.2) is 16.6 Å². The maximum absolute atomic E-state index is 13.0. The first-order valence-corrected chi connectivity index (χ1v) is 10.7. The summed E-state index contributed by atoms with van der Waals surface area (Å²) in [6.45, 7) is 9.78. The van der Waals surface area contributed by atoms with Crippen LogP contribution in [0.2, 0.25) is 0 Å². The monoisotopic (exact) mass is 416 g/mol. The number of nitrogens with zero attached hydrogens (tertiary/aromatic N) is 1. The Morgan fingerprint density at radius 3 is 2.26 bits per heavy atom. The molecule has 0 spiro atoms. The fourth-order valence-corrected chi connectivity index (χ4v) is 3.73. The topological polar surface area (TPSA) is 73.0 Å². The molecule has 0 amide bonds. The van der Waals surface area contributed by atoms with E-state index in [-0.39, 0.29) is 18.0 Å². The molecule has 0 fully saturated rings. The molecule has 2 aromatic carbocycles. The van der Waals surface area contributed by atoms with Crippen LogP contribution in [0.15, 0.2) is 54.7 Å². The zero-order chi connectivity index (χ0) is 22.8. The van der Waals surface area contributed by atoms with Crippen molar-refractivity contribution in [2.75, 3.05) is 0 Å². The molecule has 0 aliphatic heterocycles. The molecule has 0 atom stereocenters. The second kappa shape index (κ2) is 8.72. The Hall–Kier alpha value is -2.85. The highest BCUT2D eigenvalue weighted by Gasteiger charge is 2.32. The second-order valence-corrected chi connectivity index (χ2v) is 9.96. The van der Waals surface area contributed by atoms with Crippen molar-refractivity contribution in [3.8, 4) is 11.3 Å². The molecule has 1 aromatic heterocycles. The van der Waals surface area contributed by atoms with Crippen molar-refractivity contribution in [2.24, 2.45) is 16.6 Å². The number of carbonyl (C=O) groups excluding carboxylic acids is 2. The summed E-state index contributed by atoms with van der Waals surface area (Å²) in [5.41, 5.74) is 8.73. The molecule has 1 heterocycles. The van der Waals surface area contributed by atoms with Gasteiger partial charge in [-0.3, -0.25) is 14.6 Å². The lowest BCUT2D eigenvalue weighted by Gasteiger charge is -2.25. The van der Waals surface area contributed by atoms with Gasteiger partial charge >= 0.3 is 0 Å². The smallest absolute Gasteiger partial charge is 0.146 e. The normalized spacial score (nSPS) is 12.2.